The second-order valence-corrected chi connectivity index (χ2v) is 10.8. The van der Waals surface area contributed by atoms with E-state index in [1.54, 1.807) is 0 Å². The number of aryl methyl sites for hydroxylation is 1. The van der Waals surface area contributed by atoms with Crippen molar-refractivity contribution in [2.75, 3.05) is 47.8 Å². The number of carbonyl (C=O) groups excluding carboxylic acids is 1. The number of anilines is 3. The van der Waals surface area contributed by atoms with Gasteiger partial charge in [0, 0.05) is 54.6 Å². The van der Waals surface area contributed by atoms with E-state index in [4.69, 9.17) is 4.98 Å². The van der Waals surface area contributed by atoms with Crippen molar-refractivity contribution in [3.8, 4) is 11.3 Å². The molecule has 0 unspecified atom stereocenters. The SMILES string of the molecule is Cc1cccc(-c2cccc3c(NC(=O)N4CCc5ccc(N6CCN7CCC[C@H]7C6)cc54)cccc23)n1. The van der Waals surface area contributed by atoms with E-state index < -0.39 is 0 Å². The molecule has 2 fully saturated rings. The summed E-state index contributed by atoms with van der Waals surface area (Å²) in [4.78, 5) is 25.4. The van der Waals surface area contributed by atoms with Crippen LogP contribution in [0.25, 0.3) is 22.0 Å². The number of pyridine rings is 1. The van der Waals surface area contributed by atoms with Crippen LogP contribution in [0.2, 0.25) is 0 Å². The van der Waals surface area contributed by atoms with Crippen molar-refractivity contribution in [2.24, 2.45) is 0 Å². The molecular formula is C32H33N5O. The van der Waals surface area contributed by atoms with Crippen LogP contribution in [-0.4, -0.2) is 54.7 Å². The number of rotatable bonds is 3. The van der Waals surface area contributed by atoms with E-state index in [2.05, 4.69) is 51.5 Å². The molecule has 0 aliphatic carbocycles. The van der Waals surface area contributed by atoms with Crippen molar-refractivity contribution in [1.29, 1.82) is 0 Å². The van der Waals surface area contributed by atoms with Gasteiger partial charge in [0.1, 0.15) is 0 Å². The Kier molecular flexibility index (Phi) is 5.77. The lowest BCUT2D eigenvalue weighted by atomic mass is 10.0. The van der Waals surface area contributed by atoms with Crippen molar-refractivity contribution < 1.29 is 4.79 Å². The van der Waals surface area contributed by atoms with E-state index in [9.17, 15) is 4.79 Å². The van der Waals surface area contributed by atoms with Gasteiger partial charge in [-0.25, -0.2) is 4.79 Å². The number of hydrogen-bond acceptors (Lipinski definition) is 4. The fraction of sp³-hybridized carbons (Fsp3) is 0.312. The van der Waals surface area contributed by atoms with Gasteiger partial charge in [-0.15, -0.1) is 0 Å². The number of piperazine rings is 1. The third-order valence-corrected chi connectivity index (χ3v) is 8.49. The van der Waals surface area contributed by atoms with Gasteiger partial charge in [0.25, 0.3) is 0 Å². The van der Waals surface area contributed by atoms with Gasteiger partial charge in [0.05, 0.1) is 17.1 Å². The largest absolute Gasteiger partial charge is 0.369 e. The third kappa shape index (κ3) is 4.09. The van der Waals surface area contributed by atoms with Gasteiger partial charge in [-0.2, -0.15) is 0 Å². The maximum Gasteiger partial charge on any atom is 0.326 e. The summed E-state index contributed by atoms with van der Waals surface area (Å²) in [6.45, 7) is 7.22. The van der Waals surface area contributed by atoms with E-state index in [0.29, 0.717) is 12.6 Å². The van der Waals surface area contributed by atoms with Crippen LogP contribution in [0.15, 0.2) is 72.8 Å². The maximum atomic E-state index is 13.6. The number of urea groups is 1. The fourth-order valence-corrected chi connectivity index (χ4v) is 6.52. The molecule has 0 saturated carbocycles. The molecule has 4 aromatic rings. The van der Waals surface area contributed by atoms with Crippen LogP contribution in [0.3, 0.4) is 0 Å². The molecule has 2 saturated heterocycles. The highest BCUT2D eigenvalue weighted by Crippen LogP contribution is 2.36. The summed E-state index contributed by atoms with van der Waals surface area (Å²) in [6, 6.07) is 25.7. The first-order chi connectivity index (χ1) is 18.6. The lowest BCUT2D eigenvalue weighted by molar-refractivity contribution is 0.231. The Morgan fingerprint density at radius 3 is 2.71 bits per heavy atom. The first-order valence-electron chi connectivity index (χ1n) is 13.8. The standard InChI is InChI=1S/C32H33N5O/c1-22-6-2-11-29(33-22)27-9-3-10-28-26(27)8-4-12-30(28)34-32(38)37-17-15-23-13-14-24(20-31(23)37)36-19-18-35-16-5-7-25(35)21-36/h2-4,6,8-14,20,25H,5,7,15-19,21H2,1H3,(H,34,38)/t25-/m0/s1. The molecule has 0 bridgehead atoms. The van der Waals surface area contributed by atoms with Crippen LogP contribution < -0.4 is 15.1 Å². The Bertz CT molecular complexity index is 1530. The van der Waals surface area contributed by atoms with Crippen molar-refractivity contribution >= 4 is 33.9 Å². The number of aromatic nitrogens is 1. The van der Waals surface area contributed by atoms with Crippen LogP contribution in [0, 0.1) is 6.92 Å². The van der Waals surface area contributed by atoms with Gasteiger partial charge in [-0.1, -0.05) is 42.5 Å². The van der Waals surface area contributed by atoms with Gasteiger partial charge in [-0.3, -0.25) is 14.8 Å². The third-order valence-electron chi connectivity index (χ3n) is 8.49. The topological polar surface area (TPSA) is 51.7 Å². The smallest absolute Gasteiger partial charge is 0.326 e. The predicted molar refractivity (Wildman–Crippen MR) is 155 cm³/mol. The van der Waals surface area contributed by atoms with Gasteiger partial charge >= 0.3 is 6.03 Å². The minimum atomic E-state index is -0.0758. The van der Waals surface area contributed by atoms with Crippen LogP contribution in [-0.2, 0) is 6.42 Å². The Hall–Kier alpha value is -3.90. The number of fused-ring (bicyclic) bond motifs is 3. The zero-order valence-corrected chi connectivity index (χ0v) is 21.9. The maximum absolute atomic E-state index is 13.6. The Morgan fingerprint density at radius 2 is 1.79 bits per heavy atom. The number of carbonyl (C=O) groups is 1. The first kappa shape index (κ1) is 23.2. The monoisotopic (exact) mass is 503 g/mol. The van der Waals surface area contributed by atoms with Crippen molar-refractivity contribution in [1.82, 2.24) is 9.88 Å². The van der Waals surface area contributed by atoms with E-state index in [1.807, 2.05) is 48.2 Å². The minimum absolute atomic E-state index is 0.0758. The molecule has 38 heavy (non-hydrogen) atoms. The number of benzene rings is 3. The summed E-state index contributed by atoms with van der Waals surface area (Å²) in [6.07, 6.45) is 3.49. The summed E-state index contributed by atoms with van der Waals surface area (Å²) in [7, 11) is 0. The molecule has 3 aliphatic rings. The Morgan fingerprint density at radius 1 is 0.921 bits per heavy atom. The first-order valence-corrected chi connectivity index (χ1v) is 13.8. The highest BCUT2D eigenvalue weighted by atomic mass is 16.2. The summed E-state index contributed by atoms with van der Waals surface area (Å²) < 4.78 is 0. The zero-order chi connectivity index (χ0) is 25.6. The Labute approximate surface area is 223 Å². The lowest BCUT2D eigenvalue weighted by Crippen LogP contribution is -2.50. The molecule has 7 rings (SSSR count). The molecular weight excluding hydrogens is 470 g/mol. The zero-order valence-electron chi connectivity index (χ0n) is 21.9. The fourth-order valence-electron chi connectivity index (χ4n) is 6.52. The van der Waals surface area contributed by atoms with Crippen molar-refractivity contribution in [3.05, 3.63) is 84.1 Å². The quantitative estimate of drug-likeness (QED) is 0.368. The van der Waals surface area contributed by atoms with Crippen molar-refractivity contribution in [2.45, 2.75) is 32.2 Å². The number of nitrogens with one attached hydrogen (secondary N) is 1. The number of hydrogen-bond donors (Lipinski definition) is 1. The molecule has 0 spiro atoms. The summed E-state index contributed by atoms with van der Waals surface area (Å²) >= 11 is 0. The second kappa shape index (κ2) is 9.44. The molecule has 192 valence electrons. The average molecular weight is 504 g/mol. The average Bonchev–Trinajstić information content (AvgIpc) is 3.59. The van der Waals surface area contributed by atoms with Gasteiger partial charge < -0.3 is 10.2 Å². The molecule has 3 aromatic carbocycles. The van der Waals surface area contributed by atoms with Crippen LogP contribution >= 0.6 is 0 Å². The minimum Gasteiger partial charge on any atom is -0.369 e. The number of nitrogens with zero attached hydrogens (tertiary/aromatic N) is 4. The molecule has 0 radical (unpaired) electrons. The van der Waals surface area contributed by atoms with Gasteiger partial charge in [0.15, 0.2) is 0 Å². The highest BCUT2D eigenvalue weighted by Gasteiger charge is 2.32. The van der Waals surface area contributed by atoms with Crippen LogP contribution in [0.5, 0.6) is 0 Å². The second-order valence-electron chi connectivity index (χ2n) is 10.8. The summed E-state index contributed by atoms with van der Waals surface area (Å²) in [5.41, 5.74) is 7.34. The van der Waals surface area contributed by atoms with Gasteiger partial charge in [-0.05, 0) is 74.0 Å². The molecule has 1 N–H and O–H groups in total. The normalized spacial score (nSPS) is 19.0. The molecule has 1 aromatic heterocycles. The molecule has 4 heterocycles. The van der Waals surface area contributed by atoms with E-state index in [0.717, 1.165) is 65.2 Å². The van der Waals surface area contributed by atoms with Gasteiger partial charge in [0.2, 0.25) is 0 Å². The summed E-state index contributed by atoms with van der Waals surface area (Å²) in [5, 5.41) is 5.33. The molecule has 6 heteroatoms. The van der Waals surface area contributed by atoms with Crippen LogP contribution in [0.4, 0.5) is 21.9 Å². The van der Waals surface area contributed by atoms with E-state index in [1.165, 1.54) is 30.6 Å². The van der Waals surface area contributed by atoms with E-state index in [-0.39, 0.29) is 6.03 Å². The molecule has 2 amide bonds. The Balaban J connectivity index is 1.15. The van der Waals surface area contributed by atoms with Crippen LogP contribution in [0.1, 0.15) is 24.1 Å². The van der Waals surface area contributed by atoms with E-state index >= 15 is 0 Å². The molecule has 1 atom stereocenters. The molecule has 3 aliphatic heterocycles. The van der Waals surface area contributed by atoms with Crippen molar-refractivity contribution in [3.63, 3.8) is 0 Å². The number of amides is 2. The predicted octanol–water partition coefficient (Wildman–Crippen LogP) is 6.09. The lowest BCUT2D eigenvalue weighted by Gasteiger charge is -2.39. The highest BCUT2D eigenvalue weighted by molar-refractivity contribution is 6.10. The molecule has 6 nitrogen and oxygen atoms in total. The summed E-state index contributed by atoms with van der Waals surface area (Å²) in [5.74, 6) is 0.